The van der Waals surface area contributed by atoms with Gasteiger partial charge in [-0.1, -0.05) is 11.6 Å². The van der Waals surface area contributed by atoms with Gasteiger partial charge < -0.3 is 10.5 Å². The summed E-state index contributed by atoms with van der Waals surface area (Å²) in [5.41, 5.74) is 4.62. The standard InChI is InChI=1S/C13H9ClF4N2O/c14-10-3-7(5-19)6-20-12(10)21-8-1-2-11(15)9(4-8)13(16,17)18/h1-4,6H,5,19H2. The van der Waals surface area contributed by atoms with E-state index >= 15 is 0 Å². The van der Waals surface area contributed by atoms with Gasteiger partial charge in [0.2, 0.25) is 5.88 Å². The van der Waals surface area contributed by atoms with Gasteiger partial charge in [0.25, 0.3) is 0 Å². The predicted octanol–water partition coefficient (Wildman–Crippen LogP) is 4.14. The molecule has 0 spiro atoms. The van der Waals surface area contributed by atoms with Gasteiger partial charge in [-0.3, -0.25) is 0 Å². The van der Waals surface area contributed by atoms with Gasteiger partial charge in [0.1, 0.15) is 16.6 Å². The van der Waals surface area contributed by atoms with E-state index in [0.29, 0.717) is 17.7 Å². The SMILES string of the molecule is NCc1cnc(Oc2ccc(F)c(C(F)(F)F)c2)c(Cl)c1. The summed E-state index contributed by atoms with van der Waals surface area (Å²) in [5.74, 6) is -1.69. The molecular formula is C13H9ClF4N2O. The number of ether oxygens (including phenoxy) is 1. The van der Waals surface area contributed by atoms with Crippen LogP contribution in [-0.4, -0.2) is 4.98 Å². The molecule has 21 heavy (non-hydrogen) atoms. The largest absolute Gasteiger partial charge is 0.438 e. The molecule has 0 saturated heterocycles. The summed E-state index contributed by atoms with van der Waals surface area (Å²) < 4.78 is 56.1. The first-order chi connectivity index (χ1) is 9.81. The lowest BCUT2D eigenvalue weighted by atomic mass is 10.2. The zero-order chi connectivity index (χ0) is 15.6. The zero-order valence-electron chi connectivity index (χ0n) is 10.4. The normalized spacial score (nSPS) is 11.5. The number of pyridine rings is 1. The molecule has 0 aliphatic carbocycles. The smallest absolute Gasteiger partial charge is 0.419 e. The van der Waals surface area contributed by atoms with Crippen molar-refractivity contribution in [2.45, 2.75) is 12.7 Å². The van der Waals surface area contributed by atoms with Crippen LogP contribution in [0.3, 0.4) is 0 Å². The van der Waals surface area contributed by atoms with Crippen molar-refractivity contribution in [2.75, 3.05) is 0 Å². The van der Waals surface area contributed by atoms with Gasteiger partial charge in [-0.05, 0) is 29.8 Å². The summed E-state index contributed by atoms with van der Waals surface area (Å²) in [6.45, 7) is 0.210. The highest BCUT2D eigenvalue weighted by molar-refractivity contribution is 6.31. The summed E-state index contributed by atoms with van der Waals surface area (Å²) in [4.78, 5) is 3.85. The molecule has 0 radical (unpaired) electrons. The van der Waals surface area contributed by atoms with Crippen LogP contribution in [0, 0.1) is 5.82 Å². The Balaban J connectivity index is 2.32. The minimum absolute atomic E-state index is 0.0893. The molecule has 112 valence electrons. The van der Waals surface area contributed by atoms with Crippen LogP contribution in [0.5, 0.6) is 11.6 Å². The third-order valence-corrected chi connectivity index (χ3v) is 2.83. The first-order valence-corrected chi connectivity index (χ1v) is 6.08. The maximum atomic E-state index is 13.2. The van der Waals surface area contributed by atoms with E-state index in [2.05, 4.69) is 4.98 Å². The van der Waals surface area contributed by atoms with E-state index in [9.17, 15) is 17.6 Å². The Morgan fingerprint density at radius 2 is 1.95 bits per heavy atom. The Labute approximate surface area is 122 Å². The third-order valence-electron chi connectivity index (χ3n) is 2.56. The number of aromatic nitrogens is 1. The maximum Gasteiger partial charge on any atom is 0.419 e. The fourth-order valence-corrected chi connectivity index (χ4v) is 1.78. The van der Waals surface area contributed by atoms with E-state index in [0.717, 1.165) is 6.07 Å². The summed E-state index contributed by atoms with van der Waals surface area (Å²) in [6.07, 6.45) is -3.43. The van der Waals surface area contributed by atoms with Crippen molar-refractivity contribution in [3.8, 4) is 11.6 Å². The molecule has 0 aliphatic rings. The van der Waals surface area contributed by atoms with Crippen molar-refractivity contribution >= 4 is 11.6 Å². The molecule has 0 saturated carbocycles. The molecule has 2 N–H and O–H groups in total. The van der Waals surface area contributed by atoms with Crippen LogP contribution in [-0.2, 0) is 12.7 Å². The fourth-order valence-electron chi connectivity index (χ4n) is 1.55. The van der Waals surface area contributed by atoms with Crippen LogP contribution in [0.2, 0.25) is 5.02 Å². The molecule has 1 aromatic heterocycles. The number of benzene rings is 1. The van der Waals surface area contributed by atoms with Crippen molar-refractivity contribution in [3.05, 3.63) is 52.4 Å². The Bertz CT molecular complexity index is 661. The number of hydrogen-bond acceptors (Lipinski definition) is 3. The molecule has 2 aromatic rings. The van der Waals surface area contributed by atoms with Crippen LogP contribution < -0.4 is 10.5 Å². The molecule has 3 nitrogen and oxygen atoms in total. The molecular weight excluding hydrogens is 312 g/mol. The van der Waals surface area contributed by atoms with Crippen molar-refractivity contribution in [1.29, 1.82) is 0 Å². The number of halogens is 5. The number of hydrogen-bond donors (Lipinski definition) is 1. The number of rotatable bonds is 3. The molecule has 0 bridgehead atoms. The molecule has 2 rings (SSSR count). The quantitative estimate of drug-likeness (QED) is 0.864. The second-order valence-corrected chi connectivity index (χ2v) is 4.48. The Morgan fingerprint density at radius 1 is 1.24 bits per heavy atom. The van der Waals surface area contributed by atoms with E-state index in [1.165, 1.54) is 12.3 Å². The Hall–Kier alpha value is -1.86. The Kier molecular flexibility index (Phi) is 4.34. The van der Waals surface area contributed by atoms with Gasteiger partial charge in [-0.25, -0.2) is 9.37 Å². The fraction of sp³-hybridized carbons (Fsp3) is 0.154. The monoisotopic (exact) mass is 320 g/mol. The average molecular weight is 321 g/mol. The zero-order valence-corrected chi connectivity index (χ0v) is 11.2. The molecule has 1 aromatic carbocycles. The Morgan fingerprint density at radius 3 is 2.52 bits per heavy atom. The summed E-state index contributed by atoms with van der Waals surface area (Å²) in [5, 5.41) is 0.0934. The van der Waals surface area contributed by atoms with Crippen LogP contribution in [0.25, 0.3) is 0 Å². The molecule has 1 heterocycles. The van der Waals surface area contributed by atoms with Gasteiger partial charge in [-0.15, -0.1) is 0 Å². The molecule has 0 atom stereocenters. The van der Waals surface area contributed by atoms with Gasteiger partial charge in [0, 0.05) is 12.7 Å². The van der Waals surface area contributed by atoms with E-state index in [4.69, 9.17) is 22.1 Å². The number of nitrogens with zero attached hydrogens (tertiary/aromatic N) is 1. The molecule has 0 fully saturated rings. The van der Waals surface area contributed by atoms with Gasteiger partial charge in [0.15, 0.2) is 0 Å². The van der Waals surface area contributed by atoms with Crippen molar-refractivity contribution in [2.24, 2.45) is 5.73 Å². The lowest BCUT2D eigenvalue weighted by Crippen LogP contribution is -2.08. The highest BCUT2D eigenvalue weighted by atomic mass is 35.5. The van der Waals surface area contributed by atoms with Crippen LogP contribution >= 0.6 is 11.6 Å². The van der Waals surface area contributed by atoms with Crippen LogP contribution in [0.4, 0.5) is 17.6 Å². The number of alkyl halides is 3. The van der Waals surface area contributed by atoms with E-state index in [-0.39, 0.29) is 23.2 Å². The lowest BCUT2D eigenvalue weighted by Gasteiger charge is -2.11. The van der Waals surface area contributed by atoms with Gasteiger partial charge >= 0.3 is 6.18 Å². The molecule has 0 aliphatic heterocycles. The van der Waals surface area contributed by atoms with E-state index in [1.807, 2.05) is 0 Å². The first kappa shape index (κ1) is 15.5. The predicted molar refractivity (Wildman–Crippen MR) is 68.6 cm³/mol. The molecule has 0 unspecified atom stereocenters. The van der Waals surface area contributed by atoms with E-state index < -0.39 is 17.6 Å². The average Bonchev–Trinajstić information content (AvgIpc) is 2.41. The molecule has 0 amide bonds. The first-order valence-electron chi connectivity index (χ1n) is 5.70. The topological polar surface area (TPSA) is 48.1 Å². The van der Waals surface area contributed by atoms with Crippen LogP contribution in [0.1, 0.15) is 11.1 Å². The van der Waals surface area contributed by atoms with Crippen molar-refractivity contribution in [1.82, 2.24) is 4.98 Å². The van der Waals surface area contributed by atoms with Gasteiger partial charge in [-0.2, -0.15) is 13.2 Å². The third kappa shape index (κ3) is 3.62. The lowest BCUT2D eigenvalue weighted by molar-refractivity contribution is -0.140. The van der Waals surface area contributed by atoms with Crippen LogP contribution in [0.15, 0.2) is 30.5 Å². The highest BCUT2D eigenvalue weighted by Gasteiger charge is 2.34. The number of nitrogens with two attached hydrogens (primary N) is 1. The highest BCUT2D eigenvalue weighted by Crippen LogP contribution is 2.35. The van der Waals surface area contributed by atoms with Crippen molar-refractivity contribution in [3.63, 3.8) is 0 Å². The maximum absolute atomic E-state index is 13.2. The summed E-state index contributed by atoms with van der Waals surface area (Å²) in [6, 6.07) is 3.75. The second kappa shape index (κ2) is 5.87. The van der Waals surface area contributed by atoms with E-state index in [1.54, 1.807) is 0 Å². The summed E-state index contributed by atoms with van der Waals surface area (Å²) >= 11 is 5.88. The minimum atomic E-state index is -4.82. The summed E-state index contributed by atoms with van der Waals surface area (Å²) in [7, 11) is 0. The van der Waals surface area contributed by atoms with Crippen molar-refractivity contribution < 1.29 is 22.3 Å². The minimum Gasteiger partial charge on any atom is -0.438 e. The molecule has 8 heteroatoms. The second-order valence-electron chi connectivity index (χ2n) is 4.08. The van der Waals surface area contributed by atoms with Gasteiger partial charge in [0.05, 0.1) is 5.56 Å².